The largest absolute Gasteiger partial charge is 0.465 e. The van der Waals surface area contributed by atoms with Crippen LogP contribution in [0, 0.1) is 0 Å². The van der Waals surface area contributed by atoms with Gasteiger partial charge in [0, 0.05) is 5.02 Å². The van der Waals surface area contributed by atoms with Crippen molar-refractivity contribution in [3.05, 3.63) is 29.3 Å². The summed E-state index contributed by atoms with van der Waals surface area (Å²) in [4.78, 5) is 11.7. The van der Waals surface area contributed by atoms with Crippen molar-refractivity contribution in [2.45, 2.75) is 30.4 Å². The van der Waals surface area contributed by atoms with Crippen molar-refractivity contribution in [2.75, 3.05) is 6.61 Å². The highest BCUT2D eigenvalue weighted by Crippen LogP contribution is 2.21. The first kappa shape index (κ1) is 15.0. The first-order valence-corrected chi connectivity index (χ1v) is 7.52. The molecule has 0 saturated carbocycles. The maximum absolute atomic E-state index is 12.2. The average Bonchev–Trinajstić information content (AvgIpc) is 2.30. The summed E-state index contributed by atoms with van der Waals surface area (Å²) in [7, 11) is -3.72. The van der Waals surface area contributed by atoms with Crippen molar-refractivity contribution in [1.82, 2.24) is 0 Å². The fraction of sp³-hybridized carbons (Fsp3) is 0.417. The molecule has 6 heteroatoms. The highest BCUT2D eigenvalue weighted by atomic mass is 35.5. The number of carbonyl (C=O) groups excluding carboxylic acids is 1. The van der Waals surface area contributed by atoms with E-state index >= 15 is 0 Å². The summed E-state index contributed by atoms with van der Waals surface area (Å²) in [6, 6.07) is 5.73. The van der Waals surface area contributed by atoms with Crippen molar-refractivity contribution >= 4 is 27.4 Å². The van der Waals surface area contributed by atoms with E-state index in [-0.39, 0.29) is 17.9 Å². The monoisotopic (exact) mass is 290 g/mol. The van der Waals surface area contributed by atoms with Gasteiger partial charge >= 0.3 is 5.97 Å². The van der Waals surface area contributed by atoms with Gasteiger partial charge in [0.05, 0.1) is 11.5 Å². The first-order valence-electron chi connectivity index (χ1n) is 5.59. The van der Waals surface area contributed by atoms with Crippen LogP contribution in [0.15, 0.2) is 29.2 Å². The van der Waals surface area contributed by atoms with Crippen LogP contribution in [-0.4, -0.2) is 26.2 Å². The molecule has 0 saturated heterocycles. The Labute approximate surface area is 112 Å². The normalized spacial score (nSPS) is 13.1. The van der Waals surface area contributed by atoms with E-state index in [1.54, 1.807) is 13.8 Å². The second kappa shape index (κ2) is 6.20. The fourth-order valence-electron chi connectivity index (χ4n) is 1.54. The molecule has 1 aromatic carbocycles. The Morgan fingerprint density at radius 3 is 2.28 bits per heavy atom. The molecule has 1 aromatic rings. The van der Waals surface area contributed by atoms with E-state index in [2.05, 4.69) is 0 Å². The standard InChI is InChI=1S/C12H15ClO4S/c1-3-11(12(14)17-4-2)18(15,16)10-7-5-9(13)6-8-10/h5-8,11H,3-4H2,1-2H3. The molecule has 1 unspecified atom stereocenters. The van der Waals surface area contributed by atoms with Crippen LogP contribution in [0.25, 0.3) is 0 Å². The number of benzene rings is 1. The van der Waals surface area contributed by atoms with Gasteiger partial charge in [-0.3, -0.25) is 4.79 Å². The van der Waals surface area contributed by atoms with E-state index in [1.165, 1.54) is 24.3 Å². The quantitative estimate of drug-likeness (QED) is 0.782. The van der Waals surface area contributed by atoms with Crippen LogP contribution in [0.1, 0.15) is 20.3 Å². The lowest BCUT2D eigenvalue weighted by atomic mass is 10.3. The molecule has 0 aliphatic carbocycles. The number of ether oxygens (including phenoxy) is 1. The van der Waals surface area contributed by atoms with Gasteiger partial charge in [-0.1, -0.05) is 18.5 Å². The van der Waals surface area contributed by atoms with Crippen LogP contribution in [0.5, 0.6) is 0 Å². The molecule has 0 fully saturated rings. The molecular weight excluding hydrogens is 276 g/mol. The van der Waals surface area contributed by atoms with E-state index in [4.69, 9.17) is 16.3 Å². The lowest BCUT2D eigenvalue weighted by Gasteiger charge is -2.14. The van der Waals surface area contributed by atoms with E-state index in [0.29, 0.717) is 5.02 Å². The second-order valence-corrected chi connectivity index (χ2v) is 6.21. The molecule has 1 rings (SSSR count). The molecular formula is C12H15ClO4S. The topological polar surface area (TPSA) is 60.4 Å². The predicted molar refractivity (Wildman–Crippen MR) is 69.3 cm³/mol. The second-order valence-electron chi connectivity index (χ2n) is 3.65. The minimum Gasteiger partial charge on any atom is -0.465 e. The lowest BCUT2D eigenvalue weighted by molar-refractivity contribution is -0.142. The van der Waals surface area contributed by atoms with Gasteiger partial charge in [0.15, 0.2) is 15.1 Å². The van der Waals surface area contributed by atoms with Gasteiger partial charge in [0.25, 0.3) is 0 Å². The van der Waals surface area contributed by atoms with Crippen molar-refractivity contribution < 1.29 is 17.9 Å². The zero-order valence-electron chi connectivity index (χ0n) is 10.2. The van der Waals surface area contributed by atoms with Crippen LogP contribution >= 0.6 is 11.6 Å². The highest BCUT2D eigenvalue weighted by molar-refractivity contribution is 7.92. The van der Waals surface area contributed by atoms with Crippen LogP contribution in [0.3, 0.4) is 0 Å². The summed E-state index contributed by atoms with van der Waals surface area (Å²) in [5, 5.41) is -0.725. The van der Waals surface area contributed by atoms with Crippen LogP contribution < -0.4 is 0 Å². The first-order chi connectivity index (χ1) is 8.43. The molecule has 0 radical (unpaired) electrons. The van der Waals surface area contributed by atoms with Crippen LogP contribution in [-0.2, 0) is 19.4 Å². The Hall–Kier alpha value is -1.07. The Balaban J connectivity index is 3.10. The number of rotatable bonds is 5. The third-order valence-corrected chi connectivity index (χ3v) is 4.89. The van der Waals surface area contributed by atoms with Gasteiger partial charge in [-0.05, 0) is 37.6 Å². The van der Waals surface area contributed by atoms with Crippen LogP contribution in [0.4, 0.5) is 0 Å². The van der Waals surface area contributed by atoms with Crippen molar-refractivity contribution in [2.24, 2.45) is 0 Å². The minimum absolute atomic E-state index is 0.0757. The molecule has 0 amide bonds. The summed E-state index contributed by atoms with van der Waals surface area (Å²) >= 11 is 5.70. The molecule has 0 aliphatic heterocycles. The van der Waals surface area contributed by atoms with Gasteiger partial charge in [0.1, 0.15) is 0 Å². The van der Waals surface area contributed by atoms with E-state index in [0.717, 1.165) is 0 Å². The number of esters is 1. The third kappa shape index (κ3) is 3.23. The Kier molecular flexibility index (Phi) is 5.16. The molecule has 0 heterocycles. The molecule has 0 spiro atoms. The number of halogens is 1. The Morgan fingerprint density at radius 1 is 1.28 bits per heavy atom. The van der Waals surface area contributed by atoms with E-state index < -0.39 is 21.1 Å². The highest BCUT2D eigenvalue weighted by Gasteiger charge is 2.33. The van der Waals surface area contributed by atoms with Crippen molar-refractivity contribution in [3.63, 3.8) is 0 Å². The molecule has 0 aromatic heterocycles. The molecule has 0 aliphatic rings. The number of hydrogen-bond acceptors (Lipinski definition) is 4. The maximum atomic E-state index is 12.2. The Morgan fingerprint density at radius 2 is 1.83 bits per heavy atom. The van der Waals surface area contributed by atoms with Crippen LogP contribution in [0.2, 0.25) is 5.02 Å². The van der Waals surface area contributed by atoms with Gasteiger partial charge in [0.2, 0.25) is 0 Å². The van der Waals surface area contributed by atoms with Gasteiger partial charge in [-0.2, -0.15) is 0 Å². The zero-order chi connectivity index (χ0) is 13.8. The SMILES string of the molecule is CCOC(=O)C(CC)S(=O)(=O)c1ccc(Cl)cc1. The number of sulfone groups is 1. The van der Waals surface area contributed by atoms with Crippen molar-refractivity contribution in [1.29, 1.82) is 0 Å². The fourth-order valence-corrected chi connectivity index (χ4v) is 3.27. The van der Waals surface area contributed by atoms with Gasteiger partial charge < -0.3 is 4.74 Å². The average molecular weight is 291 g/mol. The molecule has 1 atom stereocenters. The molecule has 18 heavy (non-hydrogen) atoms. The summed E-state index contributed by atoms with van der Waals surface area (Å²) < 4.78 is 29.3. The van der Waals surface area contributed by atoms with Gasteiger partial charge in [-0.15, -0.1) is 0 Å². The minimum atomic E-state index is -3.72. The lowest BCUT2D eigenvalue weighted by Crippen LogP contribution is -2.31. The van der Waals surface area contributed by atoms with Gasteiger partial charge in [-0.25, -0.2) is 8.42 Å². The molecule has 4 nitrogen and oxygen atoms in total. The maximum Gasteiger partial charge on any atom is 0.324 e. The predicted octanol–water partition coefficient (Wildman–Crippen LogP) is 2.46. The smallest absolute Gasteiger partial charge is 0.324 e. The summed E-state index contributed by atoms with van der Waals surface area (Å²) in [6.45, 7) is 3.43. The number of hydrogen-bond donors (Lipinski definition) is 0. The summed E-state index contributed by atoms with van der Waals surface area (Å²) in [5.41, 5.74) is 0. The summed E-state index contributed by atoms with van der Waals surface area (Å²) in [5.74, 6) is -0.713. The number of carbonyl (C=O) groups is 1. The van der Waals surface area contributed by atoms with Crippen molar-refractivity contribution in [3.8, 4) is 0 Å². The van der Waals surface area contributed by atoms with E-state index in [1.807, 2.05) is 0 Å². The summed E-state index contributed by atoms with van der Waals surface area (Å²) in [6.07, 6.45) is 0.170. The molecule has 100 valence electrons. The molecule has 0 bridgehead atoms. The zero-order valence-corrected chi connectivity index (χ0v) is 11.8. The Bertz CT molecular complexity index is 507. The third-order valence-electron chi connectivity index (χ3n) is 2.44. The van der Waals surface area contributed by atoms with E-state index in [9.17, 15) is 13.2 Å². The molecule has 0 N–H and O–H groups in total.